The maximum absolute atomic E-state index is 12.1. The summed E-state index contributed by atoms with van der Waals surface area (Å²) in [5.41, 5.74) is 0. The van der Waals surface area contributed by atoms with E-state index in [2.05, 4.69) is 27.8 Å². The molecule has 0 radical (unpaired) electrons. The molecule has 0 atom stereocenters. The van der Waals surface area contributed by atoms with Crippen molar-refractivity contribution < 1.29 is 9.21 Å². The average Bonchev–Trinajstić information content (AvgIpc) is 2.77. The molecule has 1 aliphatic heterocycles. The van der Waals surface area contributed by atoms with Gasteiger partial charge >= 0.3 is 0 Å². The van der Waals surface area contributed by atoms with Crippen LogP contribution in [0.2, 0.25) is 0 Å². The minimum absolute atomic E-state index is 0.155. The molecule has 0 bridgehead atoms. The van der Waals surface area contributed by atoms with Gasteiger partial charge in [0.1, 0.15) is 5.76 Å². The molecule has 4 nitrogen and oxygen atoms in total. The molecule has 0 unspecified atom stereocenters. The van der Waals surface area contributed by atoms with Crippen LogP contribution in [0.15, 0.2) is 21.2 Å². The number of halogens is 1. The van der Waals surface area contributed by atoms with Crippen LogP contribution in [0, 0.1) is 5.92 Å². The fourth-order valence-electron chi connectivity index (χ4n) is 2.29. The molecule has 1 aliphatic rings. The highest BCUT2D eigenvalue weighted by molar-refractivity contribution is 9.10. The molecule has 1 aromatic rings. The molecular weight excluding hydrogens is 308 g/mol. The van der Waals surface area contributed by atoms with Gasteiger partial charge in [-0.15, -0.1) is 0 Å². The zero-order valence-corrected chi connectivity index (χ0v) is 13.1. The van der Waals surface area contributed by atoms with Crippen LogP contribution in [0.5, 0.6) is 0 Å². The van der Waals surface area contributed by atoms with Crippen molar-refractivity contribution in [2.24, 2.45) is 5.92 Å². The number of carbonyl (C=O) groups is 1. The third-order valence-electron chi connectivity index (χ3n) is 3.68. The van der Waals surface area contributed by atoms with Gasteiger partial charge in [0.05, 0.1) is 13.1 Å². The van der Waals surface area contributed by atoms with Crippen LogP contribution in [0.4, 0.5) is 0 Å². The lowest BCUT2D eigenvalue weighted by Gasteiger charge is -2.30. The summed E-state index contributed by atoms with van der Waals surface area (Å²) >= 11 is 3.27. The topological polar surface area (TPSA) is 36.7 Å². The van der Waals surface area contributed by atoms with E-state index in [1.54, 1.807) is 4.90 Å². The van der Waals surface area contributed by atoms with Crippen LogP contribution in [0.3, 0.4) is 0 Å². The van der Waals surface area contributed by atoms with Crippen LogP contribution in [-0.4, -0.2) is 42.4 Å². The first-order valence-electron chi connectivity index (χ1n) is 6.75. The first-order valence-corrected chi connectivity index (χ1v) is 7.54. The Balaban J connectivity index is 1.79. The van der Waals surface area contributed by atoms with Gasteiger partial charge in [-0.05, 0) is 59.9 Å². The standard InChI is InChI=1S/C14H21BrN2O2/c1-11-5-7-17(8-6-11)10-14(18)16(2)9-12-3-4-13(15)19-12/h3-4,11H,5-10H2,1-2H3. The van der Waals surface area contributed by atoms with Crippen molar-refractivity contribution in [2.75, 3.05) is 26.7 Å². The number of furan rings is 1. The molecule has 0 spiro atoms. The molecule has 1 amide bonds. The van der Waals surface area contributed by atoms with Crippen molar-refractivity contribution in [3.05, 3.63) is 22.6 Å². The lowest BCUT2D eigenvalue weighted by molar-refractivity contribution is -0.132. The number of hydrogen-bond acceptors (Lipinski definition) is 3. The van der Waals surface area contributed by atoms with Crippen molar-refractivity contribution in [2.45, 2.75) is 26.3 Å². The Bertz CT molecular complexity index is 425. The van der Waals surface area contributed by atoms with Crippen LogP contribution in [-0.2, 0) is 11.3 Å². The number of likely N-dealkylation sites (N-methyl/N-ethyl adjacent to an activating group) is 1. The van der Waals surface area contributed by atoms with Crippen molar-refractivity contribution in [1.82, 2.24) is 9.80 Å². The van der Waals surface area contributed by atoms with Crippen LogP contribution < -0.4 is 0 Å². The lowest BCUT2D eigenvalue weighted by Crippen LogP contribution is -2.41. The predicted molar refractivity (Wildman–Crippen MR) is 77.7 cm³/mol. The third-order valence-corrected chi connectivity index (χ3v) is 4.11. The van der Waals surface area contributed by atoms with E-state index < -0.39 is 0 Å². The summed E-state index contributed by atoms with van der Waals surface area (Å²) in [6, 6.07) is 3.73. The van der Waals surface area contributed by atoms with E-state index in [1.807, 2.05) is 19.2 Å². The molecule has 0 N–H and O–H groups in total. The number of hydrogen-bond donors (Lipinski definition) is 0. The largest absolute Gasteiger partial charge is 0.452 e. The van der Waals surface area contributed by atoms with Gasteiger partial charge in [-0.3, -0.25) is 9.69 Å². The zero-order valence-electron chi connectivity index (χ0n) is 11.6. The molecule has 0 aliphatic carbocycles. The highest BCUT2D eigenvalue weighted by atomic mass is 79.9. The van der Waals surface area contributed by atoms with Crippen molar-refractivity contribution in [1.29, 1.82) is 0 Å². The van der Waals surface area contributed by atoms with E-state index in [9.17, 15) is 4.79 Å². The molecule has 0 aromatic carbocycles. The van der Waals surface area contributed by atoms with E-state index in [4.69, 9.17) is 4.42 Å². The number of amides is 1. The highest BCUT2D eigenvalue weighted by Crippen LogP contribution is 2.17. The minimum atomic E-state index is 0.155. The third kappa shape index (κ3) is 4.35. The van der Waals surface area contributed by atoms with Crippen LogP contribution >= 0.6 is 15.9 Å². The van der Waals surface area contributed by atoms with E-state index >= 15 is 0 Å². The molecule has 1 fully saturated rings. The summed E-state index contributed by atoms with van der Waals surface area (Å²) in [5, 5.41) is 0. The minimum Gasteiger partial charge on any atom is -0.452 e. The van der Waals surface area contributed by atoms with Crippen molar-refractivity contribution >= 4 is 21.8 Å². The second-order valence-corrected chi connectivity index (χ2v) is 6.20. The van der Waals surface area contributed by atoms with Crippen LogP contribution in [0.25, 0.3) is 0 Å². The molecule has 2 rings (SSSR count). The molecule has 19 heavy (non-hydrogen) atoms. The average molecular weight is 329 g/mol. The second kappa shape index (κ2) is 6.57. The Morgan fingerprint density at radius 2 is 2.16 bits per heavy atom. The maximum atomic E-state index is 12.1. The number of rotatable bonds is 4. The van der Waals surface area contributed by atoms with E-state index in [-0.39, 0.29) is 5.91 Å². The van der Waals surface area contributed by atoms with Gasteiger partial charge in [0.25, 0.3) is 0 Å². The number of nitrogens with zero attached hydrogens (tertiary/aromatic N) is 2. The molecule has 106 valence electrons. The summed E-state index contributed by atoms with van der Waals surface area (Å²) in [5.74, 6) is 1.75. The smallest absolute Gasteiger partial charge is 0.236 e. The summed E-state index contributed by atoms with van der Waals surface area (Å²) < 4.78 is 6.12. The Morgan fingerprint density at radius 1 is 1.47 bits per heavy atom. The normalized spacial score (nSPS) is 17.6. The Hall–Kier alpha value is -0.810. The fraction of sp³-hybridized carbons (Fsp3) is 0.643. The SMILES string of the molecule is CC1CCN(CC(=O)N(C)Cc2ccc(Br)o2)CC1. The van der Waals surface area contributed by atoms with E-state index in [0.29, 0.717) is 17.8 Å². The zero-order chi connectivity index (χ0) is 13.8. The first-order chi connectivity index (χ1) is 9.04. The van der Waals surface area contributed by atoms with E-state index in [0.717, 1.165) is 24.8 Å². The highest BCUT2D eigenvalue weighted by Gasteiger charge is 2.20. The summed E-state index contributed by atoms with van der Waals surface area (Å²) in [6.07, 6.45) is 2.39. The predicted octanol–water partition coefficient (Wildman–Crippen LogP) is 2.73. The van der Waals surface area contributed by atoms with Crippen LogP contribution in [0.1, 0.15) is 25.5 Å². The summed E-state index contributed by atoms with van der Waals surface area (Å²) in [6.45, 7) is 5.39. The summed E-state index contributed by atoms with van der Waals surface area (Å²) in [4.78, 5) is 16.1. The second-order valence-electron chi connectivity index (χ2n) is 5.41. The van der Waals surface area contributed by atoms with Crippen molar-refractivity contribution in [3.63, 3.8) is 0 Å². The Kier molecular flexibility index (Phi) is 5.05. The maximum Gasteiger partial charge on any atom is 0.236 e. The van der Waals surface area contributed by atoms with E-state index in [1.165, 1.54) is 12.8 Å². The van der Waals surface area contributed by atoms with Gasteiger partial charge in [-0.2, -0.15) is 0 Å². The van der Waals surface area contributed by atoms with Crippen molar-refractivity contribution in [3.8, 4) is 0 Å². The summed E-state index contributed by atoms with van der Waals surface area (Å²) in [7, 11) is 1.82. The monoisotopic (exact) mass is 328 g/mol. The molecule has 1 aromatic heterocycles. The first kappa shape index (κ1) is 14.6. The molecular formula is C14H21BrN2O2. The molecule has 2 heterocycles. The lowest BCUT2D eigenvalue weighted by atomic mass is 9.99. The van der Waals surface area contributed by atoms with Gasteiger partial charge in [0, 0.05) is 7.05 Å². The number of carbonyl (C=O) groups excluding carboxylic acids is 1. The molecule has 0 saturated carbocycles. The van der Waals surface area contributed by atoms with Gasteiger partial charge in [-0.1, -0.05) is 6.92 Å². The molecule has 5 heteroatoms. The van der Waals surface area contributed by atoms with Gasteiger partial charge in [0.15, 0.2) is 4.67 Å². The quantitative estimate of drug-likeness (QED) is 0.852. The van der Waals surface area contributed by atoms with Gasteiger partial charge < -0.3 is 9.32 Å². The number of piperidine rings is 1. The Morgan fingerprint density at radius 3 is 2.74 bits per heavy atom. The van der Waals surface area contributed by atoms with Gasteiger partial charge in [-0.25, -0.2) is 0 Å². The van der Waals surface area contributed by atoms with Gasteiger partial charge in [0.2, 0.25) is 5.91 Å². The fourth-order valence-corrected chi connectivity index (χ4v) is 2.63. The molecule has 1 saturated heterocycles. The number of likely N-dealkylation sites (tertiary alicyclic amines) is 1. The Labute approximate surface area is 122 Å².